The summed E-state index contributed by atoms with van der Waals surface area (Å²) in [4.78, 5) is 2.69. The summed E-state index contributed by atoms with van der Waals surface area (Å²) in [5.41, 5.74) is 6.88. The van der Waals surface area contributed by atoms with Crippen LogP contribution in [-0.4, -0.2) is 30.1 Å². The predicted octanol–water partition coefficient (Wildman–Crippen LogP) is 2.24. The number of hydrogen-bond acceptors (Lipinski definition) is 2. The molecule has 0 radical (unpaired) electrons. The van der Waals surface area contributed by atoms with Crippen LogP contribution in [0.2, 0.25) is 0 Å². The van der Waals surface area contributed by atoms with Crippen LogP contribution in [0.3, 0.4) is 0 Å². The molecular formula is C13H26N2. The fourth-order valence-electron chi connectivity index (χ4n) is 3.62. The van der Waals surface area contributed by atoms with Crippen LogP contribution in [0.15, 0.2) is 0 Å². The zero-order valence-electron chi connectivity index (χ0n) is 10.6. The van der Waals surface area contributed by atoms with Crippen molar-refractivity contribution in [3.05, 3.63) is 0 Å². The average Bonchev–Trinajstić information content (AvgIpc) is 2.11. The minimum Gasteiger partial charge on any atom is -0.329 e. The van der Waals surface area contributed by atoms with Crippen LogP contribution in [0.25, 0.3) is 0 Å². The Balaban J connectivity index is 2.03. The van der Waals surface area contributed by atoms with E-state index in [4.69, 9.17) is 5.73 Å². The molecule has 0 spiro atoms. The molecule has 2 aliphatic rings. The van der Waals surface area contributed by atoms with Gasteiger partial charge in [0, 0.05) is 18.6 Å². The summed E-state index contributed by atoms with van der Waals surface area (Å²) in [7, 11) is 0. The van der Waals surface area contributed by atoms with Gasteiger partial charge in [-0.1, -0.05) is 20.8 Å². The second-order valence-corrected chi connectivity index (χ2v) is 6.63. The normalized spacial score (nSPS) is 41.2. The van der Waals surface area contributed by atoms with Crippen LogP contribution < -0.4 is 5.73 Å². The van der Waals surface area contributed by atoms with E-state index in [1.54, 1.807) is 0 Å². The molecule has 1 saturated carbocycles. The lowest BCUT2D eigenvalue weighted by Crippen LogP contribution is -2.64. The minimum atomic E-state index is 0.372. The van der Waals surface area contributed by atoms with Crippen molar-refractivity contribution in [2.24, 2.45) is 17.1 Å². The molecule has 0 bridgehead atoms. The second-order valence-electron chi connectivity index (χ2n) is 6.63. The smallest absolute Gasteiger partial charge is 0.0337 e. The highest BCUT2D eigenvalue weighted by Crippen LogP contribution is 2.44. The lowest BCUT2D eigenvalue weighted by Gasteiger charge is -2.56. The summed E-state index contributed by atoms with van der Waals surface area (Å²) in [5.74, 6) is 0.888. The molecule has 2 rings (SSSR count). The van der Waals surface area contributed by atoms with Gasteiger partial charge in [-0.2, -0.15) is 0 Å². The van der Waals surface area contributed by atoms with Gasteiger partial charge in [0.2, 0.25) is 0 Å². The molecule has 1 aliphatic carbocycles. The van der Waals surface area contributed by atoms with E-state index in [-0.39, 0.29) is 0 Å². The van der Waals surface area contributed by atoms with Crippen LogP contribution in [-0.2, 0) is 0 Å². The van der Waals surface area contributed by atoms with Gasteiger partial charge in [0.05, 0.1) is 0 Å². The first-order valence-electron chi connectivity index (χ1n) is 6.43. The Morgan fingerprint density at radius 2 is 2.00 bits per heavy atom. The number of piperidine rings is 1. The second kappa shape index (κ2) is 3.74. The van der Waals surface area contributed by atoms with Crippen LogP contribution in [0.1, 0.15) is 46.5 Å². The van der Waals surface area contributed by atoms with Crippen LogP contribution >= 0.6 is 0 Å². The molecule has 0 atom stereocenters. The lowest BCUT2D eigenvalue weighted by molar-refractivity contribution is -0.0527. The molecule has 1 aliphatic heterocycles. The zero-order chi connectivity index (χ0) is 11.1. The SMILES string of the molecule is CC1CC(CN)(N2CCCC(C)(C)C2)C1. The van der Waals surface area contributed by atoms with Gasteiger partial charge in [0.25, 0.3) is 0 Å². The maximum absolute atomic E-state index is 6.01. The van der Waals surface area contributed by atoms with Crippen molar-refractivity contribution in [1.29, 1.82) is 0 Å². The Bertz CT molecular complexity index is 229. The predicted molar refractivity (Wildman–Crippen MR) is 64.8 cm³/mol. The number of rotatable bonds is 2. The number of likely N-dealkylation sites (tertiary alicyclic amines) is 1. The Morgan fingerprint density at radius 1 is 1.33 bits per heavy atom. The van der Waals surface area contributed by atoms with E-state index in [0.29, 0.717) is 11.0 Å². The molecular weight excluding hydrogens is 184 g/mol. The van der Waals surface area contributed by atoms with E-state index in [2.05, 4.69) is 25.7 Å². The van der Waals surface area contributed by atoms with Crippen molar-refractivity contribution in [2.75, 3.05) is 19.6 Å². The molecule has 88 valence electrons. The summed E-state index contributed by atoms with van der Waals surface area (Å²) in [6.45, 7) is 10.5. The van der Waals surface area contributed by atoms with Crippen LogP contribution in [0, 0.1) is 11.3 Å². The summed E-state index contributed by atoms with van der Waals surface area (Å²) in [6, 6.07) is 0. The Labute approximate surface area is 94.2 Å². The highest BCUT2D eigenvalue weighted by atomic mass is 15.2. The summed E-state index contributed by atoms with van der Waals surface area (Å²) in [5, 5.41) is 0. The van der Waals surface area contributed by atoms with Crippen molar-refractivity contribution < 1.29 is 0 Å². The van der Waals surface area contributed by atoms with Crippen molar-refractivity contribution in [3.63, 3.8) is 0 Å². The van der Waals surface area contributed by atoms with Gasteiger partial charge in [0.15, 0.2) is 0 Å². The highest BCUT2D eigenvalue weighted by Gasteiger charge is 2.47. The average molecular weight is 210 g/mol. The lowest BCUT2D eigenvalue weighted by atomic mass is 9.66. The molecule has 0 amide bonds. The van der Waals surface area contributed by atoms with Gasteiger partial charge >= 0.3 is 0 Å². The monoisotopic (exact) mass is 210 g/mol. The van der Waals surface area contributed by atoms with Gasteiger partial charge in [-0.15, -0.1) is 0 Å². The fraction of sp³-hybridized carbons (Fsp3) is 1.00. The Kier molecular flexibility index (Phi) is 2.85. The van der Waals surface area contributed by atoms with Gasteiger partial charge in [-0.3, -0.25) is 4.90 Å². The molecule has 2 heteroatoms. The van der Waals surface area contributed by atoms with Gasteiger partial charge in [0.1, 0.15) is 0 Å². The van der Waals surface area contributed by atoms with Crippen molar-refractivity contribution >= 4 is 0 Å². The van der Waals surface area contributed by atoms with Crippen LogP contribution in [0.5, 0.6) is 0 Å². The first-order chi connectivity index (χ1) is 6.97. The number of nitrogens with two attached hydrogens (primary N) is 1. The van der Waals surface area contributed by atoms with Crippen LogP contribution in [0.4, 0.5) is 0 Å². The maximum atomic E-state index is 6.01. The Hall–Kier alpha value is -0.0800. The first-order valence-corrected chi connectivity index (χ1v) is 6.43. The third-order valence-corrected chi connectivity index (χ3v) is 4.41. The largest absolute Gasteiger partial charge is 0.329 e. The van der Waals surface area contributed by atoms with E-state index in [1.807, 2.05) is 0 Å². The molecule has 0 unspecified atom stereocenters. The molecule has 2 N–H and O–H groups in total. The zero-order valence-corrected chi connectivity index (χ0v) is 10.6. The fourth-order valence-corrected chi connectivity index (χ4v) is 3.62. The van der Waals surface area contributed by atoms with E-state index < -0.39 is 0 Å². The highest BCUT2D eigenvalue weighted by molar-refractivity contribution is 5.04. The van der Waals surface area contributed by atoms with E-state index >= 15 is 0 Å². The van der Waals surface area contributed by atoms with E-state index in [1.165, 1.54) is 38.8 Å². The number of nitrogens with zero attached hydrogens (tertiary/aromatic N) is 1. The molecule has 15 heavy (non-hydrogen) atoms. The molecule has 0 aromatic carbocycles. The third-order valence-electron chi connectivity index (χ3n) is 4.41. The summed E-state index contributed by atoms with van der Waals surface area (Å²) in [6.07, 6.45) is 5.36. The molecule has 1 heterocycles. The van der Waals surface area contributed by atoms with E-state index in [0.717, 1.165) is 12.5 Å². The third kappa shape index (κ3) is 2.07. The van der Waals surface area contributed by atoms with Gasteiger partial charge in [-0.05, 0) is 43.6 Å². The molecule has 1 saturated heterocycles. The van der Waals surface area contributed by atoms with Gasteiger partial charge < -0.3 is 5.73 Å². The molecule has 0 aromatic heterocycles. The molecule has 0 aromatic rings. The van der Waals surface area contributed by atoms with Crippen molar-refractivity contribution in [1.82, 2.24) is 4.90 Å². The minimum absolute atomic E-state index is 0.372. The van der Waals surface area contributed by atoms with E-state index in [9.17, 15) is 0 Å². The van der Waals surface area contributed by atoms with Gasteiger partial charge in [-0.25, -0.2) is 0 Å². The Morgan fingerprint density at radius 3 is 2.47 bits per heavy atom. The number of hydrogen-bond donors (Lipinski definition) is 1. The van der Waals surface area contributed by atoms with Crippen molar-refractivity contribution in [2.45, 2.75) is 52.0 Å². The standard InChI is InChI=1S/C13H26N2/c1-11-7-13(8-11,9-14)15-6-4-5-12(2,3)10-15/h11H,4-10,14H2,1-3H3. The maximum Gasteiger partial charge on any atom is 0.0337 e. The van der Waals surface area contributed by atoms with Crippen molar-refractivity contribution in [3.8, 4) is 0 Å². The summed E-state index contributed by atoms with van der Waals surface area (Å²) < 4.78 is 0. The first kappa shape index (κ1) is 11.4. The molecule has 2 fully saturated rings. The molecule has 2 nitrogen and oxygen atoms in total. The summed E-state index contributed by atoms with van der Waals surface area (Å²) >= 11 is 0. The topological polar surface area (TPSA) is 29.3 Å². The quantitative estimate of drug-likeness (QED) is 0.757.